The average molecular weight is 273 g/mol. The second-order valence-corrected chi connectivity index (χ2v) is 4.82. The molecule has 2 heterocycles. The van der Waals surface area contributed by atoms with Gasteiger partial charge in [-0.2, -0.15) is 5.10 Å². The summed E-state index contributed by atoms with van der Waals surface area (Å²) < 4.78 is 5.53. The topological polar surface area (TPSA) is 79.8 Å². The Labute approximate surface area is 116 Å². The Balaban J connectivity index is 1.71. The number of ether oxygens (including phenoxy) is 1. The van der Waals surface area contributed by atoms with E-state index >= 15 is 0 Å². The number of nitrogens with zero attached hydrogens (tertiary/aromatic N) is 1. The number of benzene rings is 1. The van der Waals surface area contributed by atoms with Gasteiger partial charge in [-0.3, -0.25) is 9.59 Å². The summed E-state index contributed by atoms with van der Waals surface area (Å²) in [6.45, 7) is 0.745. The van der Waals surface area contributed by atoms with E-state index in [1.165, 1.54) is 0 Å². The summed E-state index contributed by atoms with van der Waals surface area (Å²) in [6.07, 6.45) is 2.61. The van der Waals surface area contributed by atoms with Crippen molar-refractivity contribution in [2.75, 3.05) is 11.9 Å². The van der Waals surface area contributed by atoms with Gasteiger partial charge in [0.25, 0.3) is 5.91 Å². The largest absolute Gasteiger partial charge is 0.493 e. The number of carbonyl (C=O) groups excluding carboxylic acids is 2. The molecule has 0 aliphatic carbocycles. The lowest BCUT2D eigenvalue weighted by molar-refractivity contribution is -0.121. The Bertz CT molecular complexity index is 595. The van der Waals surface area contributed by atoms with Gasteiger partial charge in [0, 0.05) is 18.5 Å². The van der Waals surface area contributed by atoms with Crippen molar-refractivity contribution in [2.24, 2.45) is 5.10 Å². The van der Waals surface area contributed by atoms with Crippen LogP contribution in [0.5, 0.6) is 5.75 Å². The van der Waals surface area contributed by atoms with Gasteiger partial charge in [-0.05, 0) is 36.6 Å². The third-order valence-electron chi connectivity index (χ3n) is 3.33. The fourth-order valence-electron chi connectivity index (χ4n) is 2.28. The zero-order valence-corrected chi connectivity index (χ0v) is 10.9. The molecule has 0 saturated carbocycles. The quantitative estimate of drug-likeness (QED) is 0.850. The van der Waals surface area contributed by atoms with Crippen molar-refractivity contribution < 1.29 is 14.3 Å². The second kappa shape index (κ2) is 5.32. The SMILES string of the molecule is O=C1CCC(C(=O)Nc2ccc3c(c2)CCCO3)=NN1. The summed E-state index contributed by atoms with van der Waals surface area (Å²) in [7, 11) is 0. The van der Waals surface area contributed by atoms with Gasteiger partial charge in [-0.15, -0.1) is 0 Å². The van der Waals surface area contributed by atoms with Crippen LogP contribution in [0.2, 0.25) is 0 Å². The van der Waals surface area contributed by atoms with E-state index in [-0.39, 0.29) is 11.8 Å². The smallest absolute Gasteiger partial charge is 0.271 e. The van der Waals surface area contributed by atoms with Gasteiger partial charge in [0.15, 0.2) is 0 Å². The van der Waals surface area contributed by atoms with E-state index in [0.717, 1.165) is 36.4 Å². The minimum Gasteiger partial charge on any atom is -0.493 e. The van der Waals surface area contributed by atoms with Gasteiger partial charge in [0.05, 0.1) is 6.61 Å². The maximum Gasteiger partial charge on any atom is 0.271 e. The number of nitrogens with one attached hydrogen (secondary N) is 2. The predicted octanol–water partition coefficient (Wildman–Crippen LogP) is 1.22. The first kappa shape index (κ1) is 12.7. The molecule has 6 nitrogen and oxygen atoms in total. The van der Waals surface area contributed by atoms with Crippen LogP contribution in [-0.2, 0) is 16.0 Å². The highest BCUT2D eigenvalue weighted by Gasteiger charge is 2.19. The highest BCUT2D eigenvalue weighted by molar-refractivity contribution is 6.43. The molecule has 2 aliphatic rings. The molecule has 0 aromatic heterocycles. The minimum atomic E-state index is -0.276. The second-order valence-electron chi connectivity index (χ2n) is 4.82. The number of carbonyl (C=O) groups is 2. The lowest BCUT2D eigenvalue weighted by Gasteiger charge is -2.18. The molecule has 2 amide bonds. The fourth-order valence-corrected chi connectivity index (χ4v) is 2.28. The van der Waals surface area contributed by atoms with Gasteiger partial charge in [0.2, 0.25) is 5.91 Å². The summed E-state index contributed by atoms with van der Waals surface area (Å²) in [5.74, 6) is 0.450. The molecule has 0 unspecified atom stereocenters. The number of hydrogen-bond donors (Lipinski definition) is 2. The van der Waals surface area contributed by atoms with Crippen LogP contribution < -0.4 is 15.5 Å². The first-order valence-electron chi connectivity index (χ1n) is 6.65. The van der Waals surface area contributed by atoms with Crippen LogP contribution in [0.4, 0.5) is 5.69 Å². The van der Waals surface area contributed by atoms with E-state index in [0.29, 0.717) is 18.6 Å². The molecule has 0 atom stereocenters. The van der Waals surface area contributed by atoms with Gasteiger partial charge in [0.1, 0.15) is 11.5 Å². The van der Waals surface area contributed by atoms with Crippen molar-refractivity contribution >= 4 is 23.2 Å². The molecule has 20 heavy (non-hydrogen) atoms. The number of amides is 2. The fraction of sp³-hybridized carbons (Fsp3) is 0.357. The van der Waals surface area contributed by atoms with Crippen molar-refractivity contribution in [2.45, 2.75) is 25.7 Å². The first-order chi connectivity index (χ1) is 9.72. The molecule has 6 heteroatoms. The highest BCUT2D eigenvalue weighted by atomic mass is 16.5. The number of anilines is 1. The molecule has 1 aromatic rings. The Morgan fingerprint density at radius 3 is 3.00 bits per heavy atom. The molecular weight excluding hydrogens is 258 g/mol. The zero-order chi connectivity index (χ0) is 13.9. The van der Waals surface area contributed by atoms with E-state index in [9.17, 15) is 9.59 Å². The molecule has 2 aliphatic heterocycles. The normalized spacial score (nSPS) is 17.4. The number of hydrogen-bond acceptors (Lipinski definition) is 4. The van der Waals surface area contributed by atoms with Crippen LogP contribution in [0.15, 0.2) is 23.3 Å². The number of hydrazone groups is 1. The molecular formula is C14H15N3O3. The maximum absolute atomic E-state index is 12.0. The lowest BCUT2D eigenvalue weighted by Crippen LogP contribution is -2.32. The molecule has 0 spiro atoms. The summed E-state index contributed by atoms with van der Waals surface area (Å²) in [5.41, 5.74) is 4.49. The average Bonchev–Trinajstić information content (AvgIpc) is 2.48. The highest BCUT2D eigenvalue weighted by Crippen LogP contribution is 2.27. The van der Waals surface area contributed by atoms with E-state index in [1.807, 2.05) is 18.2 Å². The van der Waals surface area contributed by atoms with Crippen molar-refractivity contribution in [1.29, 1.82) is 0 Å². The lowest BCUT2D eigenvalue weighted by atomic mass is 10.1. The summed E-state index contributed by atoms with van der Waals surface area (Å²) in [6, 6.07) is 5.60. The molecule has 0 saturated heterocycles. The van der Waals surface area contributed by atoms with Crippen LogP contribution in [0.1, 0.15) is 24.8 Å². The van der Waals surface area contributed by atoms with E-state index in [4.69, 9.17) is 4.74 Å². The Morgan fingerprint density at radius 2 is 2.20 bits per heavy atom. The number of aryl methyl sites for hydroxylation is 1. The van der Waals surface area contributed by atoms with Crippen LogP contribution in [0.25, 0.3) is 0 Å². The molecule has 0 radical (unpaired) electrons. The Kier molecular flexibility index (Phi) is 3.37. The van der Waals surface area contributed by atoms with Crippen molar-refractivity contribution in [3.63, 3.8) is 0 Å². The van der Waals surface area contributed by atoms with Crippen LogP contribution >= 0.6 is 0 Å². The summed E-state index contributed by atoms with van der Waals surface area (Å²) in [5, 5.41) is 6.57. The molecule has 0 bridgehead atoms. The predicted molar refractivity (Wildman–Crippen MR) is 73.7 cm³/mol. The standard InChI is InChI=1S/C14H15N3O3/c18-13-6-4-11(16-17-13)14(19)15-10-3-5-12-9(8-10)2-1-7-20-12/h3,5,8H,1-2,4,6-7H2,(H,15,19)(H,17,18). The third-order valence-corrected chi connectivity index (χ3v) is 3.33. The van der Waals surface area contributed by atoms with Gasteiger partial charge in [-0.25, -0.2) is 5.43 Å². The molecule has 104 valence electrons. The van der Waals surface area contributed by atoms with Gasteiger partial charge in [-0.1, -0.05) is 0 Å². The van der Waals surface area contributed by atoms with Crippen LogP contribution in [0, 0.1) is 0 Å². The van der Waals surface area contributed by atoms with Crippen molar-refractivity contribution in [3.8, 4) is 5.75 Å². The molecule has 0 fully saturated rings. The molecule has 3 rings (SSSR count). The van der Waals surface area contributed by atoms with Gasteiger partial charge < -0.3 is 10.1 Å². The van der Waals surface area contributed by atoms with E-state index in [1.54, 1.807) is 0 Å². The minimum absolute atomic E-state index is 0.160. The maximum atomic E-state index is 12.0. The molecule has 2 N–H and O–H groups in total. The summed E-state index contributed by atoms with van der Waals surface area (Å²) >= 11 is 0. The van der Waals surface area contributed by atoms with Crippen LogP contribution in [-0.4, -0.2) is 24.1 Å². The Morgan fingerprint density at radius 1 is 1.30 bits per heavy atom. The Hall–Kier alpha value is -2.37. The molecule has 1 aromatic carbocycles. The van der Waals surface area contributed by atoms with Crippen LogP contribution in [0.3, 0.4) is 0 Å². The third kappa shape index (κ3) is 2.64. The van der Waals surface area contributed by atoms with Crippen molar-refractivity contribution in [1.82, 2.24) is 5.43 Å². The zero-order valence-electron chi connectivity index (χ0n) is 10.9. The van der Waals surface area contributed by atoms with E-state index < -0.39 is 0 Å². The first-order valence-corrected chi connectivity index (χ1v) is 6.65. The van der Waals surface area contributed by atoms with Crippen molar-refractivity contribution in [3.05, 3.63) is 23.8 Å². The number of rotatable bonds is 2. The number of fused-ring (bicyclic) bond motifs is 1. The van der Waals surface area contributed by atoms with E-state index in [2.05, 4.69) is 15.8 Å². The van der Waals surface area contributed by atoms with Gasteiger partial charge >= 0.3 is 0 Å². The summed E-state index contributed by atoms with van der Waals surface area (Å²) in [4.78, 5) is 23.0. The monoisotopic (exact) mass is 273 g/mol.